The van der Waals surface area contributed by atoms with Crippen molar-refractivity contribution in [3.63, 3.8) is 0 Å². The van der Waals surface area contributed by atoms with Gasteiger partial charge in [0.1, 0.15) is 6.26 Å². The van der Waals surface area contributed by atoms with Gasteiger partial charge in [0.05, 0.1) is 0 Å². The van der Waals surface area contributed by atoms with Crippen molar-refractivity contribution in [2.45, 2.75) is 58.9 Å². The van der Waals surface area contributed by atoms with Crippen LogP contribution in [0.4, 0.5) is 0 Å². The molecule has 110 valence electrons. The van der Waals surface area contributed by atoms with Crippen molar-refractivity contribution >= 4 is 5.91 Å². The minimum Gasteiger partial charge on any atom is -0.448 e. The van der Waals surface area contributed by atoms with Crippen molar-refractivity contribution in [2.24, 2.45) is 11.3 Å². The van der Waals surface area contributed by atoms with E-state index >= 15 is 0 Å². The number of oxazole rings is 1. The van der Waals surface area contributed by atoms with E-state index < -0.39 is 0 Å². The zero-order chi connectivity index (χ0) is 14.3. The molecule has 1 aliphatic carbocycles. The summed E-state index contributed by atoms with van der Waals surface area (Å²) in [6, 6.07) is 0.374. The molecule has 1 atom stereocenters. The summed E-state index contributed by atoms with van der Waals surface area (Å²) < 4.78 is 5.31. The van der Waals surface area contributed by atoms with Crippen molar-refractivity contribution in [1.29, 1.82) is 0 Å². The predicted octanol–water partition coefficient (Wildman–Crippen LogP) is 3.28. The van der Waals surface area contributed by atoms with Gasteiger partial charge in [-0.15, -0.1) is 0 Å². The molecule has 0 N–H and O–H groups in total. The van der Waals surface area contributed by atoms with Crippen molar-refractivity contribution in [3.05, 3.63) is 17.8 Å². The van der Waals surface area contributed by atoms with E-state index in [1.807, 2.05) is 11.8 Å². The summed E-state index contributed by atoms with van der Waals surface area (Å²) in [5.74, 6) is 1.19. The highest BCUT2D eigenvalue weighted by molar-refractivity contribution is 5.93. The van der Waals surface area contributed by atoms with E-state index in [-0.39, 0.29) is 5.91 Å². The molecule has 1 unspecified atom stereocenters. The maximum atomic E-state index is 12.6. The molecule has 1 aliphatic heterocycles. The molecule has 20 heavy (non-hydrogen) atoms. The molecule has 0 aromatic carbocycles. The molecule has 0 bridgehead atoms. The molecule has 1 aromatic heterocycles. The Kier molecular flexibility index (Phi) is 3.35. The van der Waals surface area contributed by atoms with E-state index in [1.165, 1.54) is 31.9 Å². The Balaban J connectivity index is 1.78. The van der Waals surface area contributed by atoms with Gasteiger partial charge in [-0.05, 0) is 18.8 Å². The number of hydrogen-bond donors (Lipinski definition) is 0. The van der Waals surface area contributed by atoms with Crippen LogP contribution < -0.4 is 0 Å². The maximum Gasteiger partial charge on any atom is 0.276 e. The fraction of sp³-hybridized carbons (Fsp3) is 0.750. The molecule has 2 heterocycles. The summed E-state index contributed by atoms with van der Waals surface area (Å²) in [5.41, 5.74) is 0.863. The van der Waals surface area contributed by atoms with Crippen molar-refractivity contribution < 1.29 is 9.21 Å². The number of carbonyl (C=O) groups excluding carboxylic acids is 1. The number of carbonyl (C=O) groups is 1. The highest BCUT2D eigenvalue weighted by Gasteiger charge is 2.56. The highest BCUT2D eigenvalue weighted by Crippen LogP contribution is 2.53. The second-order valence-electron chi connectivity index (χ2n) is 6.67. The van der Waals surface area contributed by atoms with Gasteiger partial charge in [-0.25, -0.2) is 4.98 Å². The lowest BCUT2D eigenvalue weighted by Gasteiger charge is -2.58. The third-order valence-electron chi connectivity index (χ3n) is 5.01. The van der Waals surface area contributed by atoms with Crippen LogP contribution in [0.1, 0.15) is 62.8 Å². The molecule has 2 aliphatic rings. The molecule has 4 nitrogen and oxygen atoms in total. The Morgan fingerprint density at radius 3 is 2.75 bits per heavy atom. The lowest BCUT2D eigenvalue weighted by molar-refractivity contribution is -0.0704. The summed E-state index contributed by atoms with van der Waals surface area (Å²) in [6.07, 6.45) is 7.42. The van der Waals surface area contributed by atoms with Crippen LogP contribution in [0.5, 0.6) is 0 Å². The topological polar surface area (TPSA) is 46.3 Å². The first-order chi connectivity index (χ1) is 9.57. The van der Waals surface area contributed by atoms with Crippen LogP contribution >= 0.6 is 0 Å². The van der Waals surface area contributed by atoms with Crippen molar-refractivity contribution in [2.75, 3.05) is 6.54 Å². The molecule has 1 amide bonds. The third kappa shape index (κ3) is 1.97. The lowest BCUT2D eigenvalue weighted by Crippen LogP contribution is -2.67. The summed E-state index contributed by atoms with van der Waals surface area (Å²) in [4.78, 5) is 18.9. The fourth-order valence-electron chi connectivity index (χ4n) is 4.27. The minimum absolute atomic E-state index is 0.0460. The second-order valence-corrected chi connectivity index (χ2v) is 6.67. The SMILES string of the molecule is CCc1nc(C(=O)N2CC3(CCCC3)C2C(C)C)co1. The minimum atomic E-state index is 0.0460. The average Bonchev–Trinajstić information content (AvgIpc) is 3.05. The first-order valence-corrected chi connectivity index (χ1v) is 7.83. The fourth-order valence-corrected chi connectivity index (χ4v) is 4.27. The molecule has 0 radical (unpaired) electrons. The van der Waals surface area contributed by atoms with Crippen molar-refractivity contribution in [3.8, 4) is 0 Å². The van der Waals surface area contributed by atoms with Gasteiger partial charge in [-0.1, -0.05) is 33.6 Å². The van der Waals surface area contributed by atoms with E-state index in [9.17, 15) is 4.79 Å². The quantitative estimate of drug-likeness (QED) is 0.851. The Hall–Kier alpha value is -1.32. The van der Waals surface area contributed by atoms with Crippen LogP contribution in [0.15, 0.2) is 10.7 Å². The zero-order valence-corrected chi connectivity index (χ0v) is 12.7. The zero-order valence-electron chi connectivity index (χ0n) is 12.7. The Morgan fingerprint density at radius 2 is 2.20 bits per heavy atom. The van der Waals surface area contributed by atoms with Crippen LogP contribution in [0.3, 0.4) is 0 Å². The normalized spacial score (nSPS) is 24.4. The van der Waals surface area contributed by atoms with E-state index in [0.717, 1.165) is 13.0 Å². The molecule has 1 aromatic rings. The van der Waals surface area contributed by atoms with Gasteiger partial charge in [0, 0.05) is 24.4 Å². The molecular formula is C16H24N2O2. The summed E-state index contributed by atoms with van der Waals surface area (Å²) in [5, 5.41) is 0. The number of hydrogen-bond acceptors (Lipinski definition) is 3. The number of likely N-dealkylation sites (tertiary alicyclic amines) is 1. The number of aromatic nitrogens is 1. The van der Waals surface area contributed by atoms with Gasteiger partial charge in [0.15, 0.2) is 11.6 Å². The first-order valence-electron chi connectivity index (χ1n) is 7.83. The summed E-state index contributed by atoms with van der Waals surface area (Å²) in [6.45, 7) is 7.34. The Labute approximate surface area is 120 Å². The summed E-state index contributed by atoms with van der Waals surface area (Å²) in [7, 11) is 0. The van der Waals surface area contributed by atoms with Gasteiger partial charge in [0.25, 0.3) is 5.91 Å². The third-order valence-corrected chi connectivity index (χ3v) is 5.01. The van der Waals surface area contributed by atoms with Crippen LogP contribution in [-0.4, -0.2) is 28.4 Å². The van der Waals surface area contributed by atoms with Gasteiger partial charge in [0.2, 0.25) is 0 Å². The molecule has 2 fully saturated rings. The number of nitrogens with zero attached hydrogens (tertiary/aromatic N) is 2. The highest BCUT2D eigenvalue weighted by atomic mass is 16.3. The van der Waals surface area contributed by atoms with E-state index in [1.54, 1.807) is 0 Å². The molecule has 1 spiro atoms. The van der Waals surface area contributed by atoms with Gasteiger partial charge >= 0.3 is 0 Å². The van der Waals surface area contributed by atoms with E-state index in [2.05, 4.69) is 18.8 Å². The lowest BCUT2D eigenvalue weighted by atomic mass is 9.66. The predicted molar refractivity (Wildman–Crippen MR) is 76.4 cm³/mol. The monoisotopic (exact) mass is 276 g/mol. The number of aryl methyl sites for hydroxylation is 1. The van der Waals surface area contributed by atoms with Crippen molar-refractivity contribution in [1.82, 2.24) is 9.88 Å². The molecule has 1 saturated heterocycles. The molecule has 4 heteroatoms. The van der Waals surface area contributed by atoms with Gasteiger partial charge in [-0.2, -0.15) is 0 Å². The van der Waals surface area contributed by atoms with Crippen LogP contribution in [-0.2, 0) is 6.42 Å². The number of amides is 1. The standard InChI is InChI=1S/C16H24N2O2/c1-4-13-17-12(9-20-13)15(19)18-10-16(7-5-6-8-16)14(18)11(2)3/h9,11,14H,4-8,10H2,1-3H3. The Morgan fingerprint density at radius 1 is 1.50 bits per heavy atom. The number of rotatable bonds is 3. The largest absolute Gasteiger partial charge is 0.448 e. The maximum absolute atomic E-state index is 12.6. The second kappa shape index (κ2) is 4.90. The van der Waals surface area contributed by atoms with Gasteiger partial charge in [-0.3, -0.25) is 4.79 Å². The van der Waals surface area contributed by atoms with E-state index in [4.69, 9.17) is 4.42 Å². The first kappa shape index (κ1) is 13.7. The molecular weight excluding hydrogens is 252 g/mol. The average molecular weight is 276 g/mol. The molecule has 3 rings (SSSR count). The Bertz CT molecular complexity index is 500. The van der Waals surface area contributed by atoms with Gasteiger partial charge < -0.3 is 9.32 Å². The molecule has 1 saturated carbocycles. The van der Waals surface area contributed by atoms with Crippen LogP contribution in [0.2, 0.25) is 0 Å². The van der Waals surface area contributed by atoms with E-state index in [0.29, 0.717) is 29.0 Å². The van der Waals surface area contributed by atoms with Crippen LogP contribution in [0, 0.1) is 11.3 Å². The van der Waals surface area contributed by atoms with Crippen LogP contribution in [0.25, 0.3) is 0 Å². The smallest absolute Gasteiger partial charge is 0.276 e. The summed E-state index contributed by atoms with van der Waals surface area (Å²) >= 11 is 0.